The predicted octanol–water partition coefficient (Wildman–Crippen LogP) is 0.226. The number of rotatable bonds is 5. The van der Waals surface area contributed by atoms with E-state index in [-0.39, 0.29) is 5.91 Å². The van der Waals surface area contributed by atoms with Crippen LogP contribution in [0.5, 0.6) is 0 Å². The van der Waals surface area contributed by atoms with E-state index in [0.29, 0.717) is 6.54 Å². The monoisotopic (exact) mass is 339 g/mol. The standard InChI is InChI=1S/C21H27N3O/c1-17-12-18(2)14-20(13-17)22-21(25)16-24-10-8-23(9-11-24)15-19-6-4-3-5-7-19/h3-7,12-14H,8-11,15-16H2,1-2H3,(H,22,25)/p+2. The van der Waals surface area contributed by atoms with Crippen molar-refractivity contribution in [3.63, 3.8) is 0 Å². The second-order valence-electron chi connectivity index (χ2n) is 7.26. The van der Waals surface area contributed by atoms with Gasteiger partial charge in [0.1, 0.15) is 32.7 Å². The highest BCUT2D eigenvalue weighted by atomic mass is 16.2. The zero-order valence-electron chi connectivity index (χ0n) is 15.3. The first-order valence-corrected chi connectivity index (χ1v) is 9.18. The lowest BCUT2D eigenvalue weighted by Gasteiger charge is -2.29. The van der Waals surface area contributed by atoms with Crippen LogP contribution < -0.4 is 15.1 Å². The summed E-state index contributed by atoms with van der Waals surface area (Å²) in [5.41, 5.74) is 4.67. The lowest BCUT2D eigenvalue weighted by molar-refractivity contribution is -1.02. The van der Waals surface area contributed by atoms with Crippen molar-refractivity contribution in [2.24, 2.45) is 0 Å². The van der Waals surface area contributed by atoms with Gasteiger partial charge in [0.15, 0.2) is 6.54 Å². The summed E-state index contributed by atoms with van der Waals surface area (Å²) in [7, 11) is 0. The third kappa shape index (κ3) is 5.41. The van der Waals surface area contributed by atoms with Gasteiger partial charge >= 0.3 is 0 Å². The molecule has 132 valence electrons. The van der Waals surface area contributed by atoms with Crippen LogP contribution in [0.2, 0.25) is 0 Å². The number of quaternary nitrogens is 2. The Hall–Kier alpha value is -2.17. The normalized spacial score (nSPS) is 20.2. The Kier molecular flexibility index (Phi) is 5.84. The highest BCUT2D eigenvalue weighted by Crippen LogP contribution is 2.13. The third-order valence-electron chi connectivity index (χ3n) is 4.88. The predicted molar refractivity (Wildman–Crippen MR) is 101 cm³/mol. The van der Waals surface area contributed by atoms with E-state index >= 15 is 0 Å². The van der Waals surface area contributed by atoms with Crippen LogP contribution >= 0.6 is 0 Å². The molecule has 0 aliphatic carbocycles. The SMILES string of the molecule is Cc1cc(C)cc(NC(=O)C[NH+]2CC[NH+](Cc3ccccc3)CC2)c1. The molecule has 25 heavy (non-hydrogen) atoms. The maximum Gasteiger partial charge on any atom is 0.279 e. The van der Waals surface area contributed by atoms with Gasteiger partial charge in [-0.05, 0) is 37.1 Å². The molecule has 1 aliphatic heterocycles. The molecule has 3 N–H and O–H groups in total. The average Bonchev–Trinajstić information content (AvgIpc) is 2.56. The Balaban J connectivity index is 1.44. The number of piperazine rings is 1. The Bertz CT molecular complexity index is 686. The number of amides is 1. The Morgan fingerprint density at radius 3 is 2.16 bits per heavy atom. The van der Waals surface area contributed by atoms with Crippen molar-refractivity contribution in [2.75, 3.05) is 38.0 Å². The highest BCUT2D eigenvalue weighted by Gasteiger charge is 2.24. The lowest BCUT2D eigenvalue weighted by Crippen LogP contribution is -3.28. The van der Waals surface area contributed by atoms with E-state index in [9.17, 15) is 4.79 Å². The average molecular weight is 339 g/mol. The zero-order valence-corrected chi connectivity index (χ0v) is 15.3. The summed E-state index contributed by atoms with van der Waals surface area (Å²) in [4.78, 5) is 15.3. The van der Waals surface area contributed by atoms with Crippen LogP contribution in [-0.4, -0.2) is 38.6 Å². The number of hydrogen-bond donors (Lipinski definition) is 3. The van der Waals surface area contributed by atoms with Gasteiger partial charge in [0, 0.05) is 11.3 Å². The maximum atomic E-state index is 12.3. The molecule has 2 aromatic rings. The quantitative estimate of drug-likeness (QED) is 0.717. The van der Waals surface area contributed by atoms with Crippen LogP contribution in [0.25, 0.3) is 0 Å². The van der Waals surface area contributed by atoms with Gasteiger partial charge in [0.05, 0.1) is 0 Å². The smallest absolute Gasteiger partial charge is 0.279 e. The summed E-state index contributed by atoms with van der Waals surface area (Å²) in [6.45, 7) is 10.1. The van der Waals surface area contributed by atoms with Crippen molar-refractivity contribution in [1.29, 1.82) is 0 Å². The van der Waals surface area contributed by atoms with E-state index in [1.807, 2.05) is 12.1 Å². The maximum absolute atomic E-state index is 12.3. The fourth-order valence-electron chi connectivity index (χ4n) is 3.67. The summed E-state index contributed by atoms with van der Waals surface area (Å²) in [6, 6.07) is 16.9. The molecular weight excluding hydrogens is 310 g/mol. The molecule has 1 heterocycles. The molecule has 1 aliphatic rings. The molecule has 2 aromatic carbocycles. The van der Waals surface area contributed by atoms with Crippen molar-refractivity contribution >= 4 is 11.6 Å². The first-order valence-electron chi connectivity index (χ1n) is 9.18. The molecule has 0 spiro atoms. The van der Waals surface area contributed by atoms with E-state index in [4.69, 9.17) is 0 Å². The van der Waals surface area contributed by atoms with Crippen molar-refractivity contribution in [3.05, 3.63) is 65.2 Å². The topological polar surface area (TPSA) is 38.0 Å². The molecule has 0 aromatic heterocycles. The van der Waals surface area contributed by atoms with Crippen molar-refractivity contribution in [1.82, 2.24) is 0 Å². The molecule has 0 radical (unpaired) electrons. The number of benzene rings is 2. The van der Waals surface area contributed by atoms with Crippen LogP contribution in [0.3, 0.4) is 0 Å². The fraction of sp³-hybridized carbons (Fsp3) is 0.381. The molecule has 0 saturated carbocycles. The summed E-state index contributed by atoms with van der Waals surface area (Å²) < 4.78 is 0. The number of nitrogens with one attached hydrogen (secondary N) is 3. The second kappa shape index (κ2) is 8.28. The van der Waals surface area contributed by atoms with Gasteiger partial charge < -0.3 is 15.1 Å². The number of aryl methyl sites for hydroxylation is 2. The van der Waals surface area contributed by atoms with E-state index in [2.05, 4.69) is 55.6 Å². The van der Waals surface area contributed by atoms with Crippen LogP contribution in [0, 0.1) is 13.8 Å². The van der Waals surface area contributed by atoms with Gasteiger partial charge in [-0.2, -0.15) is 0 Å². The summed E-state index contributed by atoms with van der Waals surface area (Å²) in [5, 5.41) is 3.06. The Labute approximate surface area is 150 Å². The van der Waals surface area contributed by atoms with Crippen molar-refractivity contribution < 1.29 is 14.6 Å². The van der Waals surface area contributed by atoms with Gasteiger partial charge in [-0.15, -0.1) is 0 Å². The van der Waals surface area contributed by atoms with Crippen molar-refractivity contribution in [2.45, 2.75) is 20.4 Å². The summed E-state index contributed by atoms with van der Waals surface area (Å²) in [5.74, 6) is 0.117. The number of anilines is 1. The molecule has 4 heteroatoms. The largest absolute Gasteiger partial charge is 0.322 e. The van der Waals surface area contributed by atoms with E-state index < -0.39 is 0 Å². The number of carbonyl (C=O) groups is 1. The highest BCUT2D eigenvalue weighted by molar-refractivity contribution is 5.91. The zero-order chi connectivity index (χ0) is 17.6. The van der Waals surface area contributed by atoms with Gasteiger partial charge in [-0.3, -0.25) is 4.79 Å². The van der Waals surface area contributed by atoms with Gasteiger partial charge in [0.25, 0.3) is 5.91 Å². The van der Waals surface area contributed by atoms with Gasteiger partial charge in [-0.25, -0.2) is 0 Å². The van der Waals surface area contributed by atoms with Crippen molar-refractivity contribution in [3.8, 4) is 0 Å². The van der Waals surface area contributed by atoms with E-state index in [0.717, 1.165) is 38.4 Å². The molecule has 0 bridgehead atoms. The first kappa shape index (κ1) is 17.6. The molecule has 4 nitrogen and oxygen atoms in total. The minimum Gasteiger partial charge on any atom is -0.322 e. The molecule has 1 saturated heterocycles. The van der Waals surface area contributed by atoms with Crippen LogP contribution in [0.15, 0.2) is 48.5 Å². The molecule has 1 amide bonds. The van der Waals surface area contributed by atoms with Crippen LogP contribution in [0.4, 0.5) is 5.69 Å². The molecule has 3 rings (SSSR count). The number of carbonyl (C=O) groups excluding carboxylic acids is 1. The minimum atomic E-state index is 0.117. The van der Waals surface area contributed by atoms with Gasteiger partial charge in [-0.1, -0.05) is 36.4 Å². The Morgan fingerprint density at radius 1 is 0.920 bits per heavy atom. The Morgan fingerprint density at radius 2 is 1.52 bits per heavy atom. The molecule has 1 fully saturated rings. The third-order valence-corrected chi connectivity index (χ3v) is 4.88. The van der Waals surface area contributed by atoms with E-state index in [1.54, 1.807) is 4.90 Å². The first-order chi connectivity index (χ1) is 12.1. The molecule has 0 atom stereocenters. The molecule has 0 unspecified atom stereocenters. The minimum absolute atomic E-state index is 0.117. The summed E-state index contributed by atoms with van der Waals surface area (Å²) in [6.07, 6.45) is 0. The fourth-order valence-corrected chi connectivity index (χ4v) is 3.67. The van der Waals surface area contributed by atoms with Crippen LogP contribution in [0.1, 0.15) is 16.7 Å². The second-order valence-corrected chi connectivity index (χ2v) is 7.26. The summed E-state index contributed by atoms with van der Waals surface area (Å²) >= 11 is 0. The molecular formula is C21H29N3O+2. The lowest BCUT2D eigenvalue weighted by atomic mass is 10.1. The van der Waals surface area contributed by atoms with Gasteiger partial charge in [0.2, 0.25) is 0 Å². The van der Waals surface area contributed by atoms with Crippen LogP contribution in [-0.2, 0) is 11.3 Å². The van der Waals surface area contributed by atoms with E-state index in [1.165, 1.54) is 21.6 Å². The number of hydrogen-bond acceptors (Lipinski definition) is 1.